The monoisotopic (exact) mass is 355 g/mol. The van der Waals surface area contributed by atoms with Crippen LogP contribution in [0.4, 0.5) is 0 Å². The highest BCUT2D eigenvalue weighted by Crippen LogP contribution is 2.20. The van der Waals surface area contributed by atoms with Gasteiger partial charge in [-0.25, -0.2) is 4.99 Å². The molecular weight excluding hydrogens is 334 g/mol. The molecule has 3 rings (SSSR count). The van der Waals surface area contributed by atoms with Gasteiger partial charge in [-0.3, -0.25) is 9.78 Å². The number of hydrogen-bond donors (Lipinski definition) is 3. The third-order valence-electron chi connectivity index (χ3n) is 4.06. The number of benzene rings is 1. The van der Waals surface area contributed by atoms with E-state index in [1.807, 2.05) is 36.4 Å². The summed E-state index contributed by atoms with van der Waals surface area (Å²) < 4.78 is 5.37. The topological polar surface area (TPSA) is 104 Å². The van der Waals surface area contributed by atoms with E-state index in [2.05, 4.69) is 15.3 Å². The largest absolute Gasteiger partial charge is 0.475 e. The molecule has 3 N–H and O–H groups in total. The summed E-state index contributed by atoms with van der Waals surface area (Å²) >= 11 is 0. The van der Waals surface area contributed by atoms with Gasteiger partial charge in [-0.05, 0) is 17.2 Å². The van der Waals surface area contributed by atoms with Crippen molar-refractivity contribution in [2.24, 2.45) is 4.99 Å². The summed E-state index contributed by atoms with van der Waals surface area (Å²) in [5, 5.41) is 21.2. The van der Waals surface area contributed by atoms with Crippen LogP contribution in [0.15, 0.2) is 47.6 Å². The minimum absolute atomic E-state index is 0.0759. The van der Waals surface area contributed by atoms with Crippen molar-refractivity contribution in [3.63, 3.8) is 0 Å². The lowest BCUT2D eigenvalue weighted by Crippen LogP contribution is -2.32. The number of aromatic nitrogens is 1. The van der Waals surface area contributed by atoms with Gasteiger partial charge < -0.3 is 20.3 Å². The van der Waals surface area contributed by atoms with Gasteiger partial charge in [0.2, 0.25) is 11.8 Å². The Hall–Kier alpha value is -2.77. The number of nitrogens with zero attached hydrogens (tertiary/aromatic N) is 2. The average molecular weight is 355 g/mol. The maximum absolute atomic E-state index is 12.3. The molecule has 1 atom stereocenters. The zero-order chi connectivity index (χ0) is 18.4. The van der Waals surface area contributed by atoms with E-state index in [-0.39, 0.29) is 32.1 Å². The van der Waals surface area contributed by atoms with Crippen molar-refractivity contribution in [1.82, 2.24) is 10.3 Å². The van der Waals surface area contributed by atoms with Gasteiger partial charge in [-0.1, -0.05) is 30.3 Å². The summed E-state index contributed by atoms with van der Waals surface area (Å²) in [6.07, 6.45) is 1.76. The van der Waals surface area contributed by atoms with Gasteiger partial charge in [0.1, 0.15) is 6.61 Å². The molecule has 26 heavy (non-hydrogen) atoms. The van der Waals surface area contributed by atoms with E-state index in [4.69, 9.17) is 9.84 Å². The molecule has 1 amide bonds. The molecule has 2 aromatic rings. The number of fused-ring (bicyclic) bond motifs is 1. The van der Waals surface area contributed by atoms with Crippen LogP contribution in [-0.2, 0) is 22.5 Å². The lowest BCUT2D eigenvalue weighted by atomic mass is 10.1. The van der Waals surface area contributed by atoms with Crippen LogP contribution < -0.4 is 5.32 Å². The molecule has 1 aromatic heterocycles. The first kappa shape index (κ1) is 18.0. The van der Waals surface area contributed by atoms with Crippen LogP contribution in [0.25, 0.3) is 0 Å². The maximum Gasteiger partial charge on any atom is 0.226 e. The molecule has 0 spiro atoms. The number of carbonyl (C=O) groups excluding carboxylic acids is 1. The molecule has 0 aliphatic carbocycles. The number of aliphatic hydroxyl groups excluding tert-OH is 2. The first-order chi connectivity index (χ1) is 12.7. The van der Waals surface area contributed by atoms with E-state index in [1.165, 1.54) is 0 Å². The van der Waals surface area contributed by atoms with Crippen molar-refractivity contribution in [3.8, 4) is 0 Å². The molecule has 7 nitrogen and oxygen atoms in total. The summed E-state index contributed by atoms with van der Waals surface area (Å²) in [6.45, 7) is 0.404. The number of nitrogens with one attached hydrogen (secondary N) is 1. The van der Waals surface area contributed by atoms with E-state index in [9.17, 15) is 9.90 Å². The van der Waals surface area contributed by atoms with Crippen LogP contribution in [0.3, 0.4) is 0 Å². The van der Waals surface area contributed by atoms with Crippen LogP contribution in [0.1, 0.15) is 28.4 Å². The number of amides is 1. The van der Waals surface area contributed by atoms with Gasteiger partial charge in [0, 0.05) is 6.20 Å². The van der Waals surface area contributed by atoms with Gasteiger partial charge in [-0.2, -0.15) is 0 Å². The molecule has 0 saturated heterocycles. The number of pyridine rings is 1. The number of hydrogen-bond acceptors (Lipinski definition) is 6. The van der Waals surface area contributed by atoms with Crippen molar-refractivity contribution in [2.45, 2.75) is 19.0 Å². The summed E-state index contributed by atoms with van der Waals surface area (Å²) in [4.78, 5) is 20.9. The lowest BCUT2D eigenvalue weighted by Gasteiger charge is -2.16. The Balaban J connectivity index is 1.62. The minimum Gasteiger partial charge on any atom is -0.475 e. The Morgan fingerprint density at radius 3 is 2.81 bits per heavy atom. The molecule has 1 aromatic carbocycles. The van der Waals surface area contributed by atoms with Crippen molar-refractivity contribution in [1.29, 1.82) is 0 Å². The van der Waals surface area contributed by atoms with Crippen molar-refractivity contribution >= 4 is 11.8 Å². The normalized spacial score (nSPS) is 13.7. The highest BCUT2D eigenvalue weighted by atomic mass is 16.5. The van der Waals surface area contributed by atoms with E-state index < -0.39 is 6.04 Å². The third kappa shape index (κ3) is 4.25. The zero-order valence-electron chi connectivity index (χ0n) is 14.3. The fourth-order valence-corrected chi connectivity index (χ4v) is 2.80. The highest BCUT2D eigenvalue weighted by Gasteiger charge is 2.20. The SMILES string of the molecule is O=C(Cc1cc2c(cn1)C(OCCO)=NC2)N[C@H](CO)c1ccccc1. The minimum atomic E-state index is -0.444. The number of ether oxygens (including phenoxy) is 1. The predicted octanol–water partition coefficient (Wildman–Crippen LogP) is 0.743. The average Bonchev–Trinajstić information content (AvgIpc) is 3.07. The highest BCUT2D eigenvalue weighted by molar-refractivity contribution is 5.97. The maximum atomic E-state index is 12.3. The quantitative estimate of drug-likeness (QED) is 0.680. The van der Waals surface area contributed by atoms with Crippen LogP contribution in [0, 0.1) is 0 Å². The zero-order valence-corrected chi connectivity index (χ0v) is 14.3. The molecule has 0 saturated carbocycles. The molecule has 1 aliphatic rings. The Morgan fingerprint density at radius 1 is 1.27 bits per heavy atom. The van der Waals surface area contributed by atoms with E-state index >= 15 is 0 Å². The number of aliphatic hydroxyl groups is 2. The van der Waals surface area contributed by atoms with Gasteiger partial charge in [-0.15, -0.1) is 0 Å². The Kier molecular flexibility index (Phi) is 5.93. The molecule has 2 heterocycles. The number of aliphatic imine (C=N–C) groups is 1. The smallest absolute Gasteiger partial charge is 0.226 e. The number of rotatable bonds is 7. The molecule has 7 heteroatoms. The molecule has 136 valence electrons. The van der Waals surface area contributed by atoms with Gasteiger partial charge in [0.05, 0.1) is 43.5 Å². The van der Waals surface area contributed by atoms with Crippen molar-refractivity contribution in [3.05, 3.63) is 65.0 Å². The standard InChI is InChI=1S/C19H21N3O4/c23-6-7-26-19-16-11-20-15(8-14(16)10-21-19)9-18(25)22-17(12-24)13-4-2-1-3-5-13/h1-5,8,11,17,23-24H,6-7,9-10,12H2,(H,22,25)/t17-/m1/s1. The van der Waals surface area contributed by atoms with Gasteiger partial charge >= 0.3 is 0 Å². The van der Waals surface area contributed by atoms with Crippen LogP contribution in [0.2, 0.25) is 0 Å². The summed E-state index contributed by atoms with van der Waals surface area (Å²) in [5.74, 6) is 0.262. The first-order valence-corrected chi connectivity index (χ1v) is 8.42. The van der Waals surface area contributed by atoms with E-state index in [0.29, 0.717) is 18.1 Å². The summed E-state index contributed by atoms with van der Waals surface area (Å²) in [7, 11) is 0. The summed E-state index contributed by atoms with van der Waals surface area (Å²) in [6, 6.07) is 10.7. The fourth-order valence-electron chi connectivity index (χ4n) is 2.80. The van der Waals surface area contributed by atoms with Crippen LogP contribution in [-0.4, -0.2) is 46.8 Å². The van der Waals surface area contributed by atoms with Gasteiger partial charge in [0.25, 0.3) is 0 Å². The third-order valence-corrected chi connectivity index (χ3v) is 4.06. The Labute approximate surface area is 151 Å². The number of carbonyl (C=O) groups is 1. The van der Waals surface area contributed by atoms with E-state index in [0.717, 1.165) is 16.7 Å². The Bertz CT molecular complexity index is 793. The fraction of sp³-hybridized carbons (Fsp3) is 0.316. The second-order valence-electron chi connectivity index (χ2n) is 5.92. The predicted molar refractivity (Wildman–Crippen MR) is 95.6 cm³/mol. The molecule has 0 fully saturated rings. The molecule has 0 bridgehead atoms. The molecular formula is C19H21N3O4. The van der Waals surface area contributed by atoms with Crippen molar-refractivity contribution in [2.75, 3.05) is 19.8 Å². The molecule has 0 unspecified atom stereocenters. The second kappa shape index (κ2) is 8.55. The Morgan fingerprint density at radius 2 is 2.08 bits per heavy atom. The van der Waals surface area contributed by atoms with Gasteiger partial charge in [0.15, 0.2) is 0 Å². The first-order valence-electron chi connectivity index (χ1n) is 8.42. The second-order valence-corrected chi connectivity index (χ2v) is 5.92. The molecule has 0 radical (unpaired) electrons. The van der Waals surface area contributed by atoms with Crippen LogP contribution in [0.5, 0.6) is 0 Å². The molecule has 1 aliphatic heterocycles. The summed E-state index contributed by atoms with van der Waals surface area (Å²) in [5.41, 5.74) is 3.21. The van der Waals surface area contributed by atoms with E-state index in [1.54, 1.807) is 6.20 Å². The lowest BCUT2D eigenvalue weighted by molar-refractivity contribution is -0.121. The van der Waals surface area contributed by atoms with Crippen LogP contribution >= 0.6 is 0 Å². The van der Waals surface area contributed by atoms with Crippen molar-refractivity contribution < 1.29 is 19.7 Å².